The van der Waals surface area contributed by atoms with Crippen molar-refractivity contribution in [2.24, 2.45) is 0 Å². The standard InChI is InChI=1S/C28H20F4N6O2/c29-19-2-1-3-20(30)16(19)11-38(10-15-5-4-14(7-35-15)25-21(31)8-34-9-22(25)32)28(39)24-6-23-26(36-24)17-12-40-13-18(17)27(33)37-23/h1-9,36H,10-13H2,(H2,33,37). The van der Waals surface area contributed by atoms with Gasteiger partial charge in [-0.1, -0.05) is 12.1 Å². The fraction of sp³-hybridized carbons (Fsp3) is 0.143. The molecule has 0 spiro atoms. The Morgan fingerprint density at radius 2 is 1.68 bits per heavy atom. The number of carbonyl (C=O) groups is 1. The van der Waals surface area contributed by atoms with Gasteiger partial charge in [0, 0.05) is 28.5 Å². The lowest BCUT2D eigenvalue weighted by atomic mass is 10.1. The Kier molecular flexibility index (Phi) is 6.39. The Hall–Kier alpha value is -4.84. The van der Waals surface area contributed by atoms with E-state index in [1.54, 1.807) is 0 Å². The third-order valence-corrected chi connectivity index (χ3v) is 6.75. The number of pyridine rings is 3. The van der Waals surface area contributed by atoms with Gasteiger partial charge in [0.05, 0.1) is 61.0 Å². The SMILES string of the molecule is Nc1nc2cc(C(=O)N(Cc3ccc(-c4c(F)cncc4F)cn3)Cc3c(F)cccc3F)[nH]c2c2c1COC2. The molecule has 5 aromatic rings. The lowest BCUT2D eigenvalue weighted by molar-refractivity contribution is 0.0719. The monoisotopic (exact) mass is 548 g/mol. The van der Waals surface area contributed by atoms with E-state index in [-0.39, 0.29) is 28.9 Å². The number of nitrogens with zero attached hydrogens (tertiary/aromatic N) is 4. The number of aromatic nitrogens is 4. The van der Waals surface area contributed by atoms with E-state index in [0.29, 0.717) is 35.8 Å². The number of H-pyrrole nitrogens is 1. The van der Waals surface area contributed by atoms with Gasteiger partial charge in [-0.25, -0.2) is 22.5 Å². The van der Waals surface area contributed by atoms with Gasteiger partial charge in [-0.05, 0) is 24.3 Å². The van der Waals surface area contributed by atoms with Gasteiger partial charge in [-0.15, -0.1) is 0 Å². The number of carbonyl (C=O) groups excluding carboxylic acids is 1. The van der Waals surface area contributed by atoms with Crippen molar-refractivity contribution < 1.29 is 27.1 Å². The molecule has 8 nitrogen and oxygen atoms in total. The molecule has 1 aliphatic heterocycles. The quantitative estimate of drug-likeness (QED) is 0.288. The molecule has 4 aromatic heterocycles. The highest BCUT2D eigenvalue weighted by atomic mass is 19.1. The fourth-order valence-electron chi connectivity index (χ4n) is 4.75. The van der Waals surface area contributed by atoms with Crippen molar-refractivity contribution in [3.8, 4) is 11.1 Å². The van der Waals surface area contributed by atoms with Crippen LogP contribution in [0.3, 0.4) is 0 Å². The van der Waals surface area contributed by atoms with Crippen LogP contribution >= 0.6 is 0 Å². The van der Waals surface area contributed by atoms with E-state index in [9.17, 15) is 22.4 Å². The molecule has 12 heteroatoms. The number of anilines is 1. The Morgan fingerprint density at radius 1 is 0.950 bits per heavy atom. The van der Waals surface area contributed by atoms with Gasteiger partial charge in [0.1, 0.15) is 23.1 Å². The van der Waals surface area contributed by atoms with Crippen molar-refractivity contribution in [2.45, 2.75) is 26.3 Å². The van der Waals surface area contributed by atoms with Crippen molar-refractivity contribution in [3.63, 3.8) is 0 Å². The van der Waals surface area contributed by atoms with Gasteiger partial charge in [0.25, 0.3) is 5.91 Å². The molecule has 202 valence electrons. The van der Waals surface area contributed by atoms with Crippen molar-refractivity contribution in [1.29, 1.82) is 0 Å². The zero-order chi connectivity index (χ0) is 28.0. The highest BCUT2D eigenvalue weighted by Gasteiger charge is 2.26. The maximum Gasteiger partial charge on any atom is 0.271 e. The van der Waals surface area contributed by atoms with Crippen LogP contribution in [0.1, 0.15) is 32.9 Å². The number of aromatic amines is 1. The average Bonchev–Trinajstić information content (AvgIpc) is 3.58. The summed E-state index contributed by atoms with van der Waals surface area (Å²) in [7, 11) is 0. The lowest BCUT2D eigenvalue weighted by Crippen LogP contribution is -2.31. The molecule has 0 unspecified atom stereocenters. The topological polar surface area (TPSA) is 110 Å². The first-order valence-electron chi connectivity index (χ1n) is 12.1. The van der Waals surface area contributed by atoms with Crippen LogP contribution in [0.5, 0.6) is 0 Å². The Balaban J connectivity index is 1.36. The number of amides is 1. The second-order valence-corrected chi connectivity index (χ2v) is 9.27. The number of hydrogen-bond donors (Lipinski definition) is 2. The molecule has 0 atom stereocenters. The maximum absolute atomic E-state index is 14.6. The van der Waals surface area contributed by atoms with E-state index in [0.717, 1.165) is 35.7 Å². The average molecular weight is 549 g/mol. The van der Waals surface area contributed by atoms with Crippen LogP contribution in [0, 0.1) is 23.3 Å². The summed E-state index contributed by atoms with van der Waals surface area (Å²) in [6, 6.07) is 7.87. The number of fused-ring (bicyclic) bond motifs is 3. The molecule has 0 radical (unpaired) electrons. The summed E-state index contributed by atoms with van der Waals surface area (Å²) in [5.74, 6) is -3.62. The summed E-state index contributed by atoms with van der Waals surface area (Å²) in [6.07, 6.45) is 3.03. The van der Waals surface area contributed by atoms with Crippen LogP contribution in [-0.2, 0) is 31.0 Å². The van der Waals surface area contributed by atoms with Gasteiger partial charge in [0.15, 0.2) is 11.6 Å². The summed E-state index contributed by atoms with van der Waals surface area (Å²) >= 11 is 0. The molecule has 3 N–H and O–H groups in total. The van der Waals surface area contributed by atoms with Gasteiger partial charge in [-0.3, -0.25) is 14.8 Å². The number of nitrogens with two attached hydrogens (primary N) is 1. The molecule has 0 aliphatic carbocycles. The fourth-order valence-corrected chi connectivity index (χ4v) is 4.75. The smallest absolute Gasteiger partial charge is 0.271 e. The van der Waals surface area contributed by atoms with Crippen LogP contribution in [0.4, 0.5) is 23.4 Å². The minimum atomic E-state index is -0.855. The first-order chi connectivity index (χ1) is 19.3. The highest BCUT2D eigenvalue weighted by molar-refractivity contribution is 5.98. The Bertz CT molecular complexity index is 1730. The second-order valence-electron chi connectivity index (χ2n) is 9.27. The van der Waals surface area contributed by atoms with Gasteiger partial charge in [-0.2, -0.15) is 0 Å². The minimum Gasteiger partial charge on any atom is -0.383 e. The van der Waals surface area contributed by atoms with E-state index in [2.05, 4.69) is 19.9 Å². The molecule has 1 amide bonds. The predicted octanol–water partition coefficient (Wildman–Crippen LogP) is 5.03. The number of halogens is 4. The molecule has 0 bridgehead atoms. The predicted molar refractivity (Wildman–Crippen MR) is 136 cm³/mol. The zero-order valence-corrected chi connectivity index (χ0v) is 20.7. The molecule has 0 saturated heterocycles. The van der Waals surface area contributed by atoms with Crippen molar-refractivity contribution in [2.75, 3.05) is 5.73 Å². The van der Waals surface area contributed by atoms with Crippen LogP contribution in [0.25, 0.3) is 22.2 Å². The van der Waals surface area contributed by atoms with Crippen molar-refractivity contribution in [3.05, 3.63) is 106 Å². The van der Waals surface area contributed by atoms with Crippen molar-refractivity contribution >= 4 is 22.8 Å². The number of ether oxygens (including phenoxy) is 1. The van der Waals surface area contributed by atoms with Crippen LogP contribution in [0.2, 0.25) is 0 Å². The highest BCUT2D eigenvalue weighted by Crippen LogP contribution is 2.32. The Labute approximate surface area is 224 Å². The van der Waals surface area contributed by atoms with E-state index < -0.39 is 35.7 Å². The van der Waals surface area contributed by atoms with E-state index >= 15 is 0 Å². The molecule has 1 aromatic carbocycles. The third-order valence-electron chi connectivity index (χ3n) is 6.75. The first-order valence-corrected chi connectivity index (χ1v) is 12.1. The summed E-state index contributed by atoms with van der Waals surface area (Å²) in [4.78, 5) is 30.1. The first kappa shape index (κ1) is 25.4. The molecular formula is C28H20F4N6O2. The second kappa shape index (κ2) is 10.0. The van der Waals surface area contributed by atoms with Crippen molar-refractivity contribution in [1.82, 2.24) is 24.8 Å². The van der Waals surface area contributed by atoms with E-state index in [1.165, 1.54) is 35.4 Å². The Morgan fingerprint density at radius 3 is 2.38 bits per heavy atom. The third kappa shape index (κ3) is 4.51. The van der Waals surface area contributed by atoms with E-state index in [1.807, 2.05) is 0 Å². The lowest BCUT2D eigenvalue weighted by Gasteiger charge is -2.23. The van der Waals surface area contributed by atoms with E-state index in [4.69, 9.17) is 10.5 Å². The number of nitrogen functional groups attached to an aromatic ring is 1. The number of rotatable bonds is 6. The van der Waals surface area contributed by atoms with Gasteiger partial charge < -0.3 is 20.4 Å². The molecule has 0 saturated carbocycles. The normalized spacial score (nSPS) is 12.6. The molecule has 40 heavy (non-hydrogen) atoms. The largest absolute Gasteiger partial charge is 0.383 e. The maximum atomic E-state index is 14.6. The zero-order valence-electron chi connectivity index (χ0n) is 20.7. The van der Waals surface area contributed by atoms with Crippen LogP contribution < -0.4 is 5.73 Å². The molecule has 5 heterocycles. The molecule has 6 rings (SSSR count). The van der Waals surface area contributed by atoms with Crippen LogP contribution in [0.15, 0.2) is 55.0 Å². The number of benzene rings is 1. The summed E-state index contributed by atoms with van der Waals surface area (Å²) in [5.41, 5.74) is 8.62. The summed E-state index contributed by atoms with van der Waals surface area (Å²) in [6.45, 7) is 0.0206. The van der Waals surface area contributed by atoms with Crippen LogP contribution in [-0.4, -0.2) is 30.7 Å². The number of hydrogen-bond acceptors (Lipinski definition) is 6. The summed E-state index contributed by atoms with van der Waals surface area (Å²) < 4.78 is 63.0. The summed E-state index contributed by atoms with van der Waals surface area (Å²) in [5, 5.41) is 0. The molecule has 0 fully saturated rings. The van der Waals surface area contributed by atoms with Gasteiger partial charge in [0.2, 0.25) is 0 Å². The van der Waals surface area contributed by atoms with Gasteiger partial charge >= 0.3 is 0 Å². The number of nitrogens with one attached hydrogen (secondary N) is 1. The molecule has 1 aliphatic rings. The minimum absolute atomic E-state index is 0.122. The molecular weight excluding hydrogens is 528 g/mol.